The number of aromatic amines is 1. The Labute approximate surface area is 138 Å². The molecule has 3 heterocycles. The average molecular weight is 323 g/mol. The molecule has 0 saturated heterocycles. The van der Waals surface area contributed by atoms with Crippen LogP contribution in [0, 0.1) is 0 Å². The summed E-state index contributed by atoms with van der Waals surface area (Å²) in [4.78, 5) is 22.8. The lowest BCUT2D eigenvalue weighted by atomic mass is 10.1. The van der Waals surface area contributed by atoms with Crippen LogP contribution in [0.25, 0.3) is 16.5 Å². The molecular formula is C18H17N3OS. The van der Waals surface area contributed by atoms with Crippen LogP contribution in [-0.2, 0) is 0 Å². The van der Waals surface area contributed by atoms with Crippen molar-refractivity contribution < 1.29 is 4.79 Å². The molecule has 1 aliphatic rings. The van der Waals surface area contributed by atoms with Crippen molar-refractivity contribution in [2.24, 2.45) is 0 Å². The van der Waals surface area contributed by atoms with Crippen LogP contribution in [-0.4, -0.2) is 40.8 Å². The molecule has 1 N–H and O–H groups in total. The maximum Gasteiger partial charge on any atom is 0.223 e. The number of hydrogen-bond acceptors (Lipinski definition) is 4. The first-order valence-corrected chi connectivity index (χ1v) is 8.54. The number of nitrogens with one attached hydrogen (secondary N) is 1. The van der Waals surface area contributed by atoms with Crippen molar-refractivity contribution in [1.82, 2.24) is 14.9 Å². The van der Waals surface area contributed by atoms with Gasteiger partial charge in [-0.15, -0.1) is 11.3 Å². The lowest BCUT2D eigenvalue weighted by molar-refractivity contribution is 0.104. The highest BCUT2D eigenvalue weighted by atomic mass is 32.1. The molecule has 23 heavy (non-hydrogen) atoms. The minimum absolute atomic E-state index is 0.00720. The van der Waals surface area contributed by atoms with Gasteiger partial charge in [0, 0.05) is 35.6 Å². The highest BCUT2D eigenvalue weighted by molar-refractivity contribution is 7.12. The zero-order chi connectivity index (χ0) is 15.8. The highest BCUT2D eigenvalue weighted by Gasteiger charge is 2.19. The quantitative estimate of drug-likeness (QED) is 0.750. The Morgan fingerprint density at radius 3 is 3.04 bits per heavy atom. The molecule has 4 rings (SSSR count). The number of ketones is 1. The van der Waals surface area contributed by atoms with E-state index in [1.165, 1.54) is 16.9 Å². The van der Waals surface area contributed by atoms with Gasteiger partial charge in [-0.2, -0.15) is 0 Å². The van der Waals surface area contributed by atoms with Crippen LogP contribution in [0.5, 0.6) is 0 Å². The Bertz CT molecular complexity index is 906. The van der Waals surface area contributed by atoms with E-state index in [1.807, 2.05) is 29.6 Å². The van der Waals surface area contributed by atoms with Crippen molar-refractivity contribution in [3.63, 3.8) is 0 Å². The van der Waals surface area contributed by atoms with Gasteiger partial charge in [0.15, 0.2) is 5.01 Å². The second-order valence-corrected chi connectivity index (χ2v) is 6.71. The maximum atomic E-state index is 12.8. The first-order valence-electron chi connectivity index (χ1n) is 7.66. The van der Waals surface area contributed by atoms with E-state index in [2.05, 4.69) is 28.0 Å². The molecule has 0 bridgehead atoms. The summed E-state index contributed by atoms with van der Waals surface area (Å²) in [5.41, 5.74) is 3.87. The zero-order valence-corrected chi connectivity index (χ0v) is 13.7. The maximum absolute atomic E-state index is 12.8. The monoisotopic (exact) mass is 323 g/mol. The minimum atomic E-state index is -0.00720. The van der Waals surface area contributed by atoms with E-state index < -0.39 is 0 Å². The molecule has 3 aromatic rings. The molecule has 4 nitrogen and oxygen atoms in total. The summed E-state index contributed by atoms with van der Waals surface area (Å²) in [6.45, 7) is 1.98. The van der Waals surface area contributed by atoms with Gasteiger partial charge in [-0.3, -0.25) is 4.79 Å². The zero-order valence-electron chi connectivity index (χ0n) is 12.9. The fourth-order valence-corrected chi connectivity index (χ4v) is 3.70. The number of benzene rings is 1. The van der Waals surface area contributed by atoms with Gasteiger partial charge in [-0.1, -0.05) is 24.3 Å². The van der Waals surface area contributed by atoms with Crippen LogP contribution in [0.1, 0.15) is 27.5 Å². The lowest BCUT2D eigenvalue weighted by Gasteiger charge is -2.20. The molecule has 0 spiro atoms. The highest BCUT2D eigenvalue weighted by Crippen LogP contribution is 2.26. The number of rotatable bonds is 3. The number of carbonyl (C=O) groups excluding carboxylic acids is 1. The Balaban J connectivity index is 1.65. The van der Waals surface area contributed by atoms with Gasteiger partial charge in [0.2, 0.25) is 5.78 Å². The largest absolute Gasteiger partial charge is 0.360 e. The van der Waals surface area contributed by atoms with Gasteiger partial charge in [0.25, 0.3) is 0 Å². The fraction of sp³-hybridized carbons (Fsp3) is 0.222. The number of fused-ring (bicyclic) bond motifs is 1. The predicted octanol–water partition coefficient (Wildman–Crippen LogP) is 3.57. The fourth-order valence-electron chi connectivity index (χ4n) is 2.90. The average Bonchev–Trinajstić information content (AvgIpc) is 3.22. The second kappa shape index (κ2) is 5.76. The Morgan fingerprint density at radius 1 is 1.35 bits per heavy atom. The molecule has 0 aliphatic carbocycles. The summed E-state index contributed by atoms with van der Waals surface area (Å²) in [5, 5.41) is 3.51. The molecule has 5 heteroatoms. The summed E-state index contributed by atoms with van der Waals surface area (Å²) in [7, 11) is 2.11. The van der Waals surface area contributed by atoms with Crippen molar-refractivity contribution in [3.8, 4) is 0 Å². The molecule has 0 fully saturated rings. The van der Waals surface area contributed by atoms with Gasteiger partial charge in [0.1, 0.15) is 0 Å². The second-order valence-electron chi connectivity index (χ2n) is 5.86. The third-order valence-electron chi connectivity index (χ3n) is 4.27. The number of thiazole rings is 1. The van der Waals surface area contributed by atoms with Crippen molar-refractivity contribution in [2.75, 3.05) is 20.1 Å². The first-order chi connectivity index (χ1) is 11.2. The third kappa shape index (κ3) is 2.62. The molecule has 1 aromatic carbocycles. The summed E-state index contributed by atoms with van der Waals surface area (Å²) >= 11 is 1.43. The van der Waals surface area contributed by atoms with Crippen LogP contribution in [0.3, 0.4) is 0 Å². The molecule has 0 radical (unpaired) electrons. The number of hydrogen-bond donors (Lipinski definition) is 1. The van der Waals surface area contributed by atoms with Gasteiger partial charge in [0.05, 0.1) is 11.3 Å². The van der Waals surface area contributed by atoms with Crippen molar-refractivity contribution in [2.45, 2.75) is 6.42 Å². The van der Waals surface area contributed by atoms with Crippen LogP contribution < -0.4 is 0 Å². The van der Waals surface area contributed by atoms with Gasteiger partial charge >= 0.3 is 0 Å². The molecule has 0 amide bonds. The molecule has 2 aromatic heterocycles. The number of para-hydroxylation sites is 1. The van der Waals surface area contributed by atoms with E-state index in [9.17, 15) is 4.79 Å². The number of nitrogens with zero attached hydrogens (tertiary/aromatic N) is 2. The Kier molecular flexibility index (Phi) is 3.59. The standard InChI is InChI=1S/C18H17N3OS/c1-21-8-6-12(7-9-21)16-11-23-18(20-16)17(22)14-10-19-15-5-3-2-4-13(14)15/h2-6,10-11,19H,7-9H2,1H3. The SMILES string of the molecule is CN1CC=C(c2csc(C(=O)c3c[nH]c4ccccc34)n2)CC1. The van der Waals surface area contributed by atoms with Crippen molar-refractivity contribution in [1.29, 1.82) is 0 Å². The van der Waals surface area contributed by atoms with Crippen LogP contribution in [0.15, 0.2) is 41.9 Å². The normalized spacial score (nSPS) is 15.8. The summed E-state index contributed by atoms with van der Waals surface area (Å²) in [5.74, 6) is -0.00720. The predicted molar refractivity (Wildman–Crippen MR) is 93.9 cm³/mol. The third-order valence-corrected chi connectivity index (χ3v) is 5.11. The van der Waals surface area contributed by atoms with E-state index in [4.69, 9.17) is 0 Å². The summed E-state index contributed by atoms with van der Waals surface area (Å²) in [6, 6.07) is 7.85. The number of carbonyl (C=O) groups is 1. The van der Waals surface area contributed by atoms with Gasteiger partial charge in [-0.25, -0.2) is 4.98 Å². The van der Waals surface area contributed by atoms with Gasteiger partial charge in [-0.05, 0) is 25.1 Å². The van der Waals surface area contributed by atoms with E-state index in [-0.39, 0.29) is 5.78 Å². The van der Waals surface area contributed by atoms with Gasteiger partial charge < -0.3 is 9.88 Å². The molecule has 116 valence electrons. The molecule has 0 unspecified atom stereocenters. The van der Waals surface area contributed by atoms with E-state index >= 15 is 0 Å². The van der Waals surface area contributed by atoms with E-state index in [1.54, 1.807) is 6.20 Å². The minimum Gasteiger partial charge on any atom is -0.360 e. The van der Waals surface area contributed by atoms with E-state index in [0.717, 1.165) is 36.1 Å². The molecule has 0 atom stereocenters. The van der Waals surface area contributed by atoms with Crippen LogP contribution in [0.4, 0.5) is 0 Å². The van der Waals surface area contributed by atoms with Crippen LogP contribution >= 0.6 is 11.3 Å². The number of likely N-dealkylation sites (N-methyl/N-ethyl adjacent to an activating group) is 1. The topological polar surface area (TPSA) is 49.0 Å². The molecule has 1 aliphatic heterocycles. The van der Waals surface area contributed by atoms with E-state index in [0.29, 0.717) is 10.6 Å². The first kappa shape index (κ1) is 14.4. The molecular weight excluding hydrogens is 306 g/mol. The number of aromatic nitrogens is 2. The number of H-pyrrole nitrogens is 1. The van der Waals surface area contributed by atoms with Crippen molar-refractivity contribution >= 4 is 33.6 Å². The van der Waals surface area contributed by atoms with Crippen molar-refractivity contribution in [3.05, 3.63) is 58.2 Å². The molecule has 0 saturated carbocycles. The lowest BCUT2D eigenvalue weighted by Crippen LogP contribution is -2.23. The summed E-state index contributed by atoms with van der Waals surface area (Å²) < 4.78 is 0. The summed E-state index contributed by atoms with van der Waals surface area (Å²) in [6.07, 6.45) is 4.97. The smallest absolute Gasteiger partial charge is 0.223 e. The Morgan fingerprint density at radius 2 is 2.22 bits per heavy atom. The Hall–Kier alpha value is -2.24. The van der Waals surface area contributed by atoms with Crippen LogP contribution in [0.2, 0.25) is 0 Å².